The number of likely N-dealkylation sites (N-methyl/N-ethyl adjacent to an activating group) is 1. The van der Waals surface area contributed by atoms with Crippen LogP contribution < -0.4 is 19.1 Å². The Bertz CT molecular complexity index is 1060. The van der Waals surface area contributed by atoms with Crippen LogP contribution in [0.2, 0.25) is 0 Å². The molecule has 0 aliphatic rings. The number of hydrogen-bond acceptors (Lipinski definition) is 6. The van der Waals surface area contributed by atoms with Gasteiger partial charge in [0, 0.05) is 19.7 Å². The largest absolute Gasteiger partial charge is 0.497 e. The third kappa shape index (κ3) is 6.61. The summed E-state index contributed by atoms with van der Waals surface area (Å²) >= 11 is 0. The molecule has 10 heteroatoms. The number of methoxy groups -OCH3 is 2. The van der Waals surface area contributed by atoms with E-state index in [1.54, 1.807) is 19.1 Å². The maximum Gasteiger partial charge on any atom is 0.244 e. The Balaban J connectivity index is 2.48. The Morgan fingerprint density at radius 2 is 1.73 bits per heavy atom. The van der Waals surface area contributed by atoms with E-state index in [1.165, 1.54) is 32.2 Å². The smallest absolute Gasteiger partial charge is 0.244 e. The van der Waals surface area contributed by atoms with Crippen molar-refractivity contribution in [2.75, 3.05) is 38.4 Å². The number of nitrogens with one attached hydrogen (secondary N) is 1. The number of ether oxygens (including phenoxy) is 2. The standard InChI is InChI=1S/C23H31N3O6S/c1-6-19(23(28)24-2)25(15-17-10-8-7-9-11-17)22(27)16-26(33(5,29)30)20-13-12-18(31-3)14-21(20)32-4/h7-14,19H,6,15-16H2,1-5H3,(H,24,28). The monoisotopic (exact) mass is 477 g/mol. The highest BCUT2D eigenvalue weighted by molar-refractivity contribution is 7.92. The van der Waals surface area contributed by atoms with Gasteiger partial charge in [-0.2, -0.15) is 0 Å². The molecule has 2 rings (SSSR count). The van der Waals surface area contributed by atoms with Crippen LogP contribution in [0.5, 0.6) is 11.5 Å². The van der Waals surface area contributed by atoms with E-state index in [2.05, 4.69) is 5.32 Å². The normalized spacial score (nSPS) is 11.9. The van der Waals surface area contributed by atoms with E-state index in [1.807, 2.05) is 30.3 Å². The van der Waals surface area contributed by atoms with Crippen LogP contribution in [0.25, 0.3) is 0 Å². The van der Waals surface area contributed by atoms with Crippen LogP contribution in [-0.4, -0.2) is 65.2 Å². The van der Waals surface area contributed by atoms with Crippen molar-refractivity contribution < 1.29 is 27.5 Å². The third-order valence-electron chi connectivity index (χ3n) is 5.16. The maximum atomic E-state index is 13.5. The van der Waals surface area contributed by atoms with Gasteiger partial charge in [-0.1, -0.05) is 37.3 Å². The van der Waals surface area contributed by atoms with Gasteiger partial charge in [-0.15, -0.1) is 0 Å². The molecule has 2 amide bonds. The lowest BCUT2D eigenvalue weighted by atomic mass is 10.1. The first kappa shape index (κ1) is 26.0. The van der Waals surface area contributed by atoms with Crippen LogP contribution in [0.3, 0.4) is 0 Å². The Labute approximate surface area is 195 Å². The van der Waals surface area contributed by atoms with E-state index in [-0.39, 0.29) is 23.9 Å². The van der Waals surface area contributed by atoms with Crippen LogP contribution in [0.4, 0.5) is 5.69 Å². The van der Waals surface area contributed by atoms with Gasteiger partial charge >= 0.3 is 0 Å². The van der Waals surface area contributed by atoms with Crippen molar-refractivity contribution >= 4 is 27.5 Å². The predicted octanol–water partition coefficient (Wildman–Crippen LogP) is 2.02. The predicted molar refractivity (Wildman–Crippen MR) is 127 cm³/mol. The zero-order chi connectivity index (χ0) is 24.6. The average molecular weight is 478 g/mol. The Hall–Kier alpha value is -3.27. The second kappa shape index (κ2) is 11.6. The van der Waals surface area contributed by atoms with Crippen molar-refractivity contribution in [1.82, 2.24) is 10.2 Å². The quantitative estimate of drug-likeness (QED) is 0.531. The minimum Gasteiger partial charge on any atom is -0.497 e. The molecular formula is C23H31N3O6S. The molecule has 0 heterocycles. The van der Waals surface area contributed by atoms with Gasteiger partial charge in [-0.05, 0) is 24.1 Å². The molecule has 1 atom stereocenters. The lowest BCUT2D eigenvalue weighted by Crippen LogP contribution is -2.51. The number of rotatable bonds is 11. The molecule has 2 aromatic carbocycles. The summed E-state index contributed by atoms with van der Waals surface area (Å²) in [6, 6.07) is 13.1. The van der Waals surface area contributed by atoms with Crippen molar-refractivity contribution in [1.29, 1.82) is 0 Å². The van der Waals surface area contributed by atoms with Crippen LogP contribution in [-0.2, 0) is 26.2 Å². The summed E-state index contributed by atoms with van der Waals surface area (Å²) in [6.45, 7) is 1.46. The first-order valence-corrected chi connectivity index (χ1v) is 12.3. The van der Waals surface area contributed by atoms with Crippen LogP contribution in [0.15, 0.2) is 48.5 Å². The van der Waals surface area contributed by atoms with E-state index < -0.39 is 28.5 Å². The number of benzene rings is 2. The Morgan fingerprint density at radius 3 is 2.24 bits per heavy atom. The van der Waals surface area contributed by atoms with E-state index in [9.17, 15) is 18.0 Å². The number of sulfonamides is 1. The lowest BCUT2D eigenvalue weighted by molar-refractivity contribution is -0.140. The van der Waals surface area contributed by atoms with Crippen LogP contribution in [0.1, 0.15) is 18.9 Å². The second-order valence-electron chi connectivity index (χ2n) is 7.35. The Morgan fingerprint density at radius 1 is 1.06 bits per heavy atom. The summed E-state index contributed by atoms with van der Waals surface area (Å²) < 4.78 is 36.9. The summed E-state index contributed by atoms with van der Waals surface area (Å²) in [5.41, 5.74) is 1.02. The molecule has 0 aliphatic heterocycles. The maximum absolute atomic E-state index is 13.5. The van der Waals surface area contributed by atoms with Gasteiger partial charge in [-0.3, -0.25) is 13.9 Å². The van der Waals surface area contributed by atoms with Crippen LogP contribution >= 0.6 is 0 Å². The molecule has 2 aromatic rings. The first-order chi connectivity index (χ1) is 15.7. The topological polar surface area (TPSA) is 105 Å². The lowest BCUT2D eigenvalue weighted by Gasteiger charge is -2.32. The van der Waals surface area contributed by atoms with Crippen molar-refractivity contribution in [2.45, 2.75) is 25.9 Å². The van der Waals surface area contributed by atoms with Gasteiger partial charge in [0.2, 0.25) is 21.8 Å². The second-order valence-corrected chi connectivity index (χ2v) is 9.26. The highest BCUT2D eigenvalue weighted by atomic mass is 32.2. The van der Waals surface area contributed by atoms with Crippen molar-refractivity contribution in [2.24, 2.45) is 0 Å². The van der Waals surface area contributed by atoms with E-state index in [0.717, 1.165) is 16.1 Å². The SMILES string of the molecule is CCC(C(=O)NC)N(Cc1ccccc1)C(=O)CN(c1ccc(OC)cc1OC)S(C)(=O)=O. The van der Waals surface area contributed by atoms with E-state index in [0.29, 0.717) is 12.2 Å². The molecule has 0 radical (unpaired) electrons. The molecule has 0 saturated carbocycles. The fourth-order valence-corrected chi connectivity index (χ4v) is 4.31. The van der Waals surface area contributed by atoms with Gasteiger partial charge in [0.25, 0.3) is 0 Å². The number of hydrogen-bond donors (Lipinski definition) is 1. The molecule has 1 N–H and O–H groups in total. The molecule has 0 bridgehead atoms. The fraction of sp³-hybridized carbons (Fsp3) is 0.391. The highest BCUT2D eigenvalue weighted by Crippen LogP contribution is 2.33. The fourth-order valence-electron chi connectivity index (χ4n) is 3.45. The number of amides is 2. The van der Waals surface area contributed by atoms with E-state index in [4.69, 9.17) is 9.47 Å². The van der Waals surface area contributed by atoms with Gasteiger partial charge in [0.05, 0.1) is 26.2 Å². The molecule has 0 saturated heterocycles. The summed E-state index contributed by atoms with van der Waals surface area (Å²) in [4.78, 5) is 27.4. The van der Waals surface area contributed by atoms with E-state index >= 15 is 0 Å². The zero-order valence-corrected chi connectivity index (χ0v) is 20.4. The molecule has 0 spiro atoms. The van der Waals surface area contributed by atoms with Gasteiger partial charge in [0.1, 0.15) is 24.1 Å². The van der Waals surface area contributed by atoms with Crippen molar-refractivity contribution in [3.63, 3.8) is 0 Å². The number of carbonyl (C=O) groups excluding carboxylic acids is 2. The van der Waals surface area contributed by atoms with Gasteiger partial charge in [0.15, 0.2) is 0 Å². The number of nitrogens with zero attached hydrogens (tertiary/aromatic N) is 2. The minimum atomic E-state index is -3.87. The van der Waals surface area contributed by atoms with Crippen LogP contribution in [0, 0.1) is 0 Å². The molecule has 0 aromatic heterocycles. The summed E-state index contributed by atoms with van der Waals surface area (Å²) in [6.07, 6.45) is 1.38. The molecule has 180 valence electrons. The highest BCUT2D eigenvalue weighted by Gasteiger charge is 2.32. The molecular weight excluding hydrogens is 446 g/mol. The van der Waals surface area contributed by atoms with Gasteiger partial charge < -0.3 is 19.7 Å². The molecule has 1 unspecified atom stereocenters. The Kier molecular flexibility index (Phi) is 9.10. The zero-order valence-electron chi connectivity index (χ0n) is 19.6. The summed E-state index contributed by atoms with van der Waals surface area (Å²) in [5.74, 6) is -0.125. The molecule has 9 nitrogen and oxygen atoms in total. The number of carbonyl (C=O) groups is 2. The average Bonchev–Trinajstić information content (AvgIpc) is 2.81. The molecule has 0 aliphatic carbocycles. The molecule has 33 heavy (non-hydrogen) atoms. The minimum absolute atomic E-state index is 0.156. The van der Waals surface area contributed by atoms with Gasteiger partial charge in [-0.25, -0.2) is 8.42 Å². The third-order valence-corrected chi connectivity index (χ3v) is 6.29. The molecule has 0 fully saturated rings. The first-order valence-electron chi connectivity index (χ1n) is 10.4. The summed E-state index contributed by atoms with van der Waals surface area (Å²) in [5, 5.41) is 2.58. The summed E-state index contributed by atoms with van der Waals surface area (Å²) in [7, 11) is 0.523. The van der Waals surface area contributed by atoms with Crippen molar-refractivity contribution in [3.8, 4) is 11.5 Å². The number of anilines is 1. The van der Waals surface area contributed by atoms with Crippen molar-refractivity contribution in [3.05, 3.63) is 54.1 Å².